The fourth-order valence-corrected chi connectivity index (χ4v) is 2.65. The van der Waals surface area contributed by atoms with E-state index in [1.165, 1.54) is 5.56 Å². The van der Waals surface area contributed by atoms with E-state index < -0.39 is 0 Å². The van der Waals surface area contributed by atoms with Crippen LogP contribution in [-0.2, 0) is 13.0 Å². The van der Waals surface area contributed by atoms with E-state index in [1.54, 1.807) is 0 Å². The van der Waals surface area contributed by atoms with Crippen molar-refractivity contribution >= 4 is 15.9 Å². The highest BCUT2D eigenvalue weighted by atomic mass is 79.9. The fourth-order valence-electron chi connectivity index (χ4n) is 2.38. The second-order valence-electron chi connectivity index (χ2n) is 4.68. The minimum atomic E-state index is 0.0462. The molecule has 18 heavy (non-hydrogen) atoms. The highest BCUT2D eigenvalue weighted by Gasteiger charge is 2.21. The van der Waals surface area contributed by atoms with Crippen molar-refractivity contribution in [1.82, 2.24) is 14.8 Å². The van der Waals surface area contributed by atoms with Crippen LogP contribution in [-0.4, -0.2) is 14.8 Å². The average Bonchev–Trinajstić information content (AvgIpc) is 2.77. The summed E-state index contributed by atoms with van der Waals surface area (Å²) in [6.07, 6.45) is 2.93. The maximum Gasteiger partial charge on any atom is 0.149 e. The van der Waals surface area contributed by atoms with Crippen molar-refractivity contribution in [2.24, 2.45) is 5.73 Å². The predicted molar refractivity (Wildman–Crippen MR) is 73.1 cm³/mol. The van der Waals surface area contributed by atoms with E-state index >= 15 is 0 Å². The Balaban J connectivity index is 1.87. The summed E-state index contributed by atoms with van der Waals surface area (Å²) in [5.74, 6) is 1.95. The molecule has 2 N–H and O–H groups in total. The summed E-state index contributed by atoms with van der Waals surface area (Å²) in [6, 6.07) is 8.36. The molecule has 5 heteroatoms. The van der Waals surface area contributed by atoms with E-state index in [-0.39, 0.29) is 6.04 Å². The molecule has 0 amide bonds. The third kappa shape index (κ3) is 2.20. The third-order valence-electron chi connectivity index (χ3n) is 3.36. The van der Waals surface area contributed by atoms with Crippen LogP contribution in [0.15, 0.2) is 28.7 Å². The van der Waals surface area contributed by atoms with Gasteiger partial charge in [0.05, 0.1) is 6.04 Å². The van der Waals surface area contributed by atoms with E-state index in [0.717, 1.165) is 41.9 Å². The van der Waals surface area contributed by atoms with Crippen LogP contribution in [0.2, 0.25) is 0 Å². The number of benzene rings is 1. The molecule has 94 valence electrons. The Morgan fingerprint density at radius 3 is 2.83 bits per heavy atom. The first-order valence-electron chi connectivity index (χ1n) is 6.16. The average molecular weight is 307 g/mol. The van der Waals surface area contributed by atoms with Gasteiger partial charge in [-0.2, -0.15) is 0 Å². The normalized spacial score (nSPS) is 18.7. The summed E-state index contributed by atoms with van der Waals surface area (Å²) < 4.78 is 3.27. The number of hydrogen-bond acceptors (Lipinski definition) is 3. The maximum absolute atomic E-state index is 6.04. The van der Waals surface area contributed by atoms with Crippen molar-refractivity contribution in [3.63, 3.8) is 0 Å². The second kappa shape index (κ2) is 4.82. The van der Waals surface area contributed by atoms with Crippen LogP contribution < -0.4 is 5.73 Å². The predicted octanol–water partition coefficient (Wildman–Crippen LogP) is 2.43. The Kier molecular flexibility index (Phi) is 3.18. The van der Waals surface area contributed by atoms with Gasteiger partial charge in [-0.15, -0.1) is 10.2 Å². The van der Waals surface area contributed by atoms with Crippen molar-refractivity contribution in [1.29, 1.82) is 0 Å². The third-order valence-corrected chi connectivity index (χ3v) is 3.89. The van der Waals surface area contributed by atoms with Crippen molar-refractivity contribution in [2.75, 3.05) is 0 Å². The molecule has 0 fully saturated rings. The number of fused-ring (bicyclic) bond motifs is 1. The summed E-state index contributed by atoms with van der Waals surface area (Å²) in [4.78, 5) is 0. The number of aromatic nitrogens is 3. The molecule has 0 aliphatic carbocycles. The summed E-state index contributed by atoms with van der Waals surface area (Å²) in [7, 11) is 0. The van der Waals surface area contributed by atoms with Gasteiger partial charge in [0.25, 0.3) is 0 Å². The Morgan fingerprint density at radius 1 is 1.28 bits per heavy atom. The minimum absolute atomic E-state index is 0.0462. The molecule has 1 atom stereocenters. The van der Waals surface area contributed by atoms with Gasteiger partial charge in [-0.3, -0.25) is 0 Å². The van der Waals surface area contributed by atoms with E-state index in [1.807, 2.05) is 0 Å². The van der Waals surface area contributed by atoms with Gasteiger partial charge in [-0.05, 0) is 30.5 Å². The van der Waals surface area contributed by atoms with Gasteiger partial charge < -0.3 is 10.3 Å². The Bertz CT molecular complexity index is 547. The lowest BCUT2D eigenvalue weighted by molar-refractivity contribution is 0.444. The molecular weight excluding hydrogens is 292 g/mol. The van der Waals surface area contributed by atoms with Gasteiger partial charge >= 0.3 is 0 Å². The van der Waals surface area contributed by atoms with E-state index in [2.05, 4.69) is 55.0 Å². The van der Waals surface area contributed by atoms with Crippen molar-refractivity contribution < 1.29 is 0 Å². The largest absolute Gasteiger partial charge is 0.321 e. The first-order valence-corrected chi connectivity index (χ1v) is 6.95. The highest BCUT2D eigenvalue weighted by Crippen LogP contribution is 2.23. The second-order valence-corrected chi connectivity index (χ2v) is 5.59. The van der Waals surface area contributed by atoms with Crippen LogP contribution in [0.5, 0.6) is 0 Å². The lowest BCUT2D eigenvalue weighted by Gasteiger charge is -2.20. The number of nitrogens with two attached hydrogens (primary N) is 1. The van der Waals surface area contributed by atoms with Gasteiger partial charge in [0, 0.05) is 17.4 Å². The zero-order valence-corrected chi connectivity index (χ0v) is 11.6. The number of nitrogens with zero attached hydrogens (tertiary/aromatic N) is 3. The van der Waals surface area contributed by atoms with Gasteiger partial charge in [0.2, 0.25) is 0 Å². The molecular formula is C13H15BrN4. The van der Waals surface area contributed by atoms with Crippen LogP contribution in [0, 0.1) is 0 Å². The first-order chi connectivity index (χ1) is 8.74. The molecule has 1 unspecified atom stereocenters. The molecule has 0 radical (unpaired) electrons. The number of hydrogen-bond donors (Lipinski definition) is 1. The summed E-state index contributed by atoms with van der Waals surface area (Å²) in [6.45, 7) is 0.988. The summed E-state index contributed by atoms with van der Waals surface area (Å²) >= 11 is 3.44. The Morgan fingerprint density at radius 2 is 2.06 bits per heavy atom. The molecule has 1 aromatic carbocycles. The lowest BCUT2D eigenvalue weighted by atomic mass is 10.1. The molecule has 3 rings (SSSR count). The van der Waals surface area contributed by atoms with Gasteiger partial charge in [-0.25, -0.2) is 0 Å². The van der Waals surface area contributed by atoms with Gasteiger partial charge in [0.1, 0.15) is 11.6 Å². The Labute approximate surface area is 114 Å². The van der Waals surface area contributed by atoms with Crippen LogP contribution in [0.1, 0.15) is 36.1 Å². The molecule has 2 heterocycles. The molecule has 1 aliphatic rings. The zero-order valence-electron chi connectivity index (χ0n) is 10.0. The monoisotopic (exact) mass is 306 g/mol. The topological polar surface area (TPSA) is 56.7 Å². The van der Waals surface area contributed by atoms with E-state index in [9.17, 15) is 0 Å². The van der Waals surface area contributed by atoms with Crippen LogP contribution in [0.25, 0.3) is 0 Å². The smallest absolute Gasteiger partial charge is 0.149 e. The molecule has 0 saturated heterocycles. The quantitative estimate of drug-likeness (QED) is 0.927. The fraction of sp³-hybridized carbons (Fsp3) is 0.385. The number of rotatable bonds is 2. The zero-order chi connectivity index (χ0) is 12.5. The first kappa shape index (κ1) is 11.9. The van der Waals surface area contributed by atoms with Gasteiger partial charge in [-0.1, -0.05) is 28.1 Å². The van der Waals surface area contributed by atoms with Crippen LogP contribution >= 0.6 is 15.9 Å². The van der Waals surface area contributed by atoms with Crippen molar-refractivity contribution in [3.8, 4) is 0 Å². The van der Waals surface area contributed by atoms with Crippen LogP contribution in [0.4, 0.5) is 0 Å². The highest BCUT2D eigenvalue weighted by molar-refractivity contribution is 9.10. The van der Waals surface area contributed by atoms with E-state index in [4.69, 9.17) is 5.73 Å². The molecule has 0 spiro atoms. The summed E-state index contributed by atoms with van der Waals surface area (Å²) in [5, 5.41) is 8.52. The molecule has 1 aliphatic heterocycles. The molecule has 4 nitrogen and oxygen atoms in total. The molecule has 0 bridgehead atoms. The van der Waals surface area contributed by atoms with Crippen LogP contribution in [0.3, 0.4) is 0 Å². The van der Waals surface area contributed by atoms with Crippen molar-refractivity contribution in [3.05, 3.63) is 46.0 Å². The summed E-state index contributed by atoms with van der Waals surface area (Å²) in [5.41, 5.74) is 7.29. The number of halogens is 1. The lowest BCUT2D eigenvalue weighted by Crippen LogP contribution is -2.23. The minimum Gasteiger partial charge on any atom is -0.321 e. The SMILES string of the molecule is NC1CCCn2c(Cc3ccc(Br)cc3)nnc21. The molecule has 0 saturated carbocycles. The molecule has 2 aromatic rings. The van der Waals surface area contributed by atoms with Crippen molar-refractivity contribution in [2.45, 2.75) is 31.8 Å². The van der Waals surface area contributed by atoms with E-state index in [0.29, 0.717) is 0 Å². The Hall–Kier alpha value is -1.20. The van der Waals surface area contributed by atoms with Gasteiger partial charge in [0.15, 0.2) is 0 Å². The standard InChI is InChI=1S/C13H15BrN4/c14-10-5-3-9(4-6-10)8-12-16-17-13-11(15)2-1-7-18(12)13/h3-6,11H,1-2,7-8,15H2. The molecule has 1 aromatic heterocycles. The maximum atomic E-state index is 6.04.